The van der Waals surface area contributed by atoms with E-state index in [1.165, 1.54) is 11.1 Å². The smallest absolute Gasteiger partial charge is 0.185 e. The lowest BCUT2D eigenvalue weighted by atomic mass is 10.2. The van der Waals surface area contributed by atoms with Crippen LogP contribution in [0.5, 0.6) is 5.75 Å². The van der Waals surface area contributed by atoms with Crippen LogP contribution in [0.2, 0.25) is 0 Å². The molecule has 5 heteroatoms. The number of thiocarbonyl (C=S) groups is 1. The minimum absolute atomic E-state index is 0.537. The first-order valence-corrected chi connectivity index (χ1v) is 9.18. The molecule has 3 aromatic rings. The van der Waals surface area contributed by atoms with Crippen molar-refractivity contribution in [3.8, 4) is 5.75 Å². The number of hydrogen-bond acceptors (Lipinski definition) is 3. The molecule has 0 saturated heterocycles. The van der Waals surface area contributed by atoms with E-state index < -0.39 is 0 Å². The number of anilines is 1. The zero-order valence-electron chi connectivity index (χ0n) is 15.3. The van der Waals surface area contributed by atoms with Gasteiger partial charge < -0.3 is 10.1 Å². The summed E-state index contributed by atoms with van der Waals surface area (Å²) in [6.07, 6.45) is 0. The Kier molecular flexibility index (Phi) is 6.79. The Hall–Kier alpha value is -2.89. The molecule has 0 radical (unpaired) electrons. The normalized spacial score (nSPS) is 10.4. The van der Waals surface area contributed by atoms with Crippen LogP contribution in [-0.2, 0) is 13.1 Å². The third kappa shape index (κ3) is 6.09. The monoisotopic (exact) mass is 377 g/mol. The average molecular weight is 378 g/mol. The first-order chi connectivity index (χ1) is 13.2. The van der Waals surface area contributed by atoms with E-state index in [-0.39, 0.29) is 0 Å². The maximum Gasteiger partial charge on any atom is 0.185 e. The van der Waals surface area contributed by atoms with Crippen molar-refractivity contribution in [3.63, 3.8) is 0 Å². The van der Waals surface area contributed by atoms with Crippen LogP contribution >= 0.6 is 12.2 Å². The number of rotatable bonds is 7. The fourth-order valence-electron chi connectivity index (χ4n) is 2.75. The Morgan fingerprint density at radius 3 is 2.00 bits per heavy atom. The maximum absolute atomic E-state index is 5.52. The van der Waals surface area contributed by atoms with Crippen LogP contribution in [0.4, 0.5) is 5.69 Å². The van der Waals surface area contributed by atoms with Crippen molar-refractivity contribution in [1.82, 2.24) is 10.4 Å². The third-order valence-electron chi connectivity index (χ3n) is 4.02. The number of nitrogens with zero attached hydrogens (tertiary/aromatic N) is 1. The van der Waals surface area contributed by atoms with Gasteiger partial charge in [0.15, 0.2) is 5.11 Å². The molecule has 3 rings (SSSR count). The van der Waals surface area contributed by atoms with E-state index >= 15 is 0 Å². The predicted octanol–water partition coefficient (Wildman–Crippen LogP) is 4.60. The molecule has 0 amide bonds. The lowest BCUT2D eigenvalue weighted by Gasteiger charge is -2.25. The van der Waals surface area contributed by atoms with Gasteiger partial charge in [0.05, 0.1) is 7.11 Å². The van der Waals surface area contributed by atoms with Gasteiger partial charge in [-0.05, 0) is 35.5 Å². The van der Waals surface area contributed by atoms with Crippen molar-refractivity contribution in [2.24, 2.45) is 0 Å². The molecule has 0 fully saturated rings. The minimum atomic E-state index is 0.537. The standard InChI is InChI=1S/C22H23N3OS/c1-26-21-14-8-13-20(15-21)23-22(27)24-25(16-18-9-4-2-5-10-18)17-19-11-6-3-7-12-19/h2-15H,16-17H2,1H3,(H2,23,24,27). The Balaban J connectivity index is 1.68. The van der Waals surface area contributed by atoms with Crippen molar-refractivity contribution in [2.75, 3.05) is 12.4 Å². The lowest BCUT2D eigenvalue weighted by Crippen LogP contribution is -2.43. The summed E-state index contributed by atoms with van der Waals surface area (Å²) in [6.45, 7) is 1.46. The van der Waals surface area contributed by atoms with Crippen molar-refractivity contribution < 1.29 is 4.74 Å². The van der Waals surface area contributed by atoms with E-state index in [4.69, 9.17) is 17.0 Å². The van der Waals surface area contributed by atoms with Gasteiger partial charge in [0.25, 0.3) is 0 Å². The molecule has 0 atom stereocenters. The molecule has 4 nitrogen and oxygen atoms in total. The average Bonchev–Trinajstić information content (AvgIpc) is 2.69. The largest absolute Gasteiger partial charge is 0.497 e. The van der Waals surface area contributed by atoms with Gasteiger partial charge in [-0.1, -0.05) is 66.7 Å². The third-order valence-corrected chi connectivity index (χ3v) is 4.21. The van der Waals surface area contributed by atoms with Gasteiger partial charge in [-0.3, -0.25) is 5.43 Å². The van der Waals surface area contributed by atoms with E-state index in [1.54, 1.807) is 7.11 Å². The molecule has 0 aliphatic heterocycles. The van der Waals surface area contributed by atoms with Crippen molar-refractivity contribution in [2.45, 2.75) is 13.1 Å². The number of nitrogens with one attached hydrogen (secondary N) is 2. The molecule has 0 aliphatic rings. The molecule has 3 aromatic carbocycles. The summed E-state index contributed by atoms with van der Waals surface area (Å²) >= 11 is 5.52. The van der Waals surface area contributed by atoms with E-state index in [2.05, 4.69) is 40.0 Å². The Morgan fingerprint density at radius 1 is 0.852 bits per heavy atom. The summed E-state index contributed by atoms with van der Waals surface area (Å²) < 4.78 is 5.26. The molecule has 0 spiro atoms. The van der Waals surface area contributed by atoms with Crippen molar-refractivity contribution >= 4 is 23.0 Å². The van der Waals surface area contributed by atoms with Gasteiger partial charge in [0.1, 0.15) is 5.75 Å². The molecule has 2 N–H and O–H groups in total. The van der Waals surface area contributed by atoms with Gasteiger partial charge in [-0.2, -0.15) is 0 Å². The maximum atomic E-state index is 5.52. The molecular weight excluding hydrogens is 354 g/mol. The SMILES string of the molecule is COc1cccc(NC(=S)NN(Cc2ccccc2)Cc2ccccc2)c1. The number of hydrogen-bond donors (Lipinski definition) is 2. The van der Waals surface area contributed by atoms with E-state index in [9.17, 15) is 0 Å². The molecule has 27 heavy (non-hydrogen) atoms. The predicted molar refractivity (Wildman–Crippen MR) is 114 cm³/mol. The highest BCUT2D eigenvalue weighted by atomic mass is 32.1. The van der Waals surface area contributed by atoms with Crippen LogP contribution in [0.1, 0.15) is 11.1 Å². The molecular formula is C22H23N3OS. The van der Waals surface area contributed by atoms with Gasteiger partial charge in [-0.15, -0.1) is 0 Å². The van der Waals surface area contributed by atoms with Crippen molar-refractivity contribution in [1.29, 1.82) is 0 Å². The van der Waals surface area contributed by atoms with Crippen LogP contribution in [0.15, 0.2) is 84.9 Å². The van der Waals surface area contributed by atoms with Gasteiger partial charge in [-0.25, -0.2) is 5.01 Å². The fourth-order valence-corrected chi connectivity index (χ4v) is 2.99. The Labute approximate surface area is 165 Å². The number of ether oxygens (including phenoxy) is 1. The highest BCUT2D eigenvalue weighted by molar-refractivity contribution is 7.80. The van der Waals surface area contributed by atoms with Gasteiger partial charge in [0, 0.05) is 24.8 Å². The highest BCUT2D eigenvalue weighted by Gasteiger charge is 2.09. The topological polar surface area (TPSA) is 36.5 Å². The second kappa shape index (κ2) is 9.71. The Morgan fingerprint density at radius 2 is 1.44 bits per heavy atom. The zero-order chi connectivity index (χ0) is 18.9. The molecule has 0 unspecified atom stereocenters. The highest BCUT2D eigenvalue weighted by Crippen LogP contribution is 2.16. The minimum Gasteiger partial charge on any atom is -0.497 e. The summed E-state index contributed by atoms with van der Waals surface area (Å²) in [5.74, 6) is 0.785. The first kappa shape index (κ1) is 18.9. The summed E-state index contributed by atoms with van der Waals surface area (Å²) in [7, 11) is 1.65. The molecule has 0 bridgehead atoms. The molecule has 0 heterocycles. The second-order valence-corrected chi connectivity index (χ2v) is 6.53. The van der Waals surface area contributed by atoms with E-state index in [1.807, 2.05) is 60.7 Å². The van der Waals surface area contributed by atoms with Gasteiger partial charge in [0.2, 0.25) is 0 Å². The van der Waals surface area contributed by atoms with Crippen LogP contribution in [0.3, 0.4) is 0 Å². The molecule has 0 aliphatic carbocycles. The van der Waals surface area contributed by atoms with Gasteiger partial charge >= 0.3 is 0 Å². The summed E-state index contributed by atoms with van der Waals surface area (Å²) in [5, 5.41) is 5.85. The zero-order valence-corrected chi connectivity index (χ0v) is 16.1. The number of benzene rings is 3. The quantitative estimate of drug-likeness (QED) is 0.465. The number of methoxy groups -OCH3 is 1. The van der Waals surface area contributed by atoms with Crippen molar-refractivity contribution in [3.05, 3.63) is 96.1 Å². The molecule has 0 aromatic heterocycles. The number of hydrazine groups is 1. The van der Waals surface area contributed by atoms with Crippen LogP contribution in [0.25, 0.3) is 0 Å². The van der Waals surface area contributed by atoms with E-state index in [0.717, 1.165) is 24.5 Å². The first-order valence-electron chi connectivity index (χ1n) is 8.77. The summed E-state index contributed by atoms with van der Waals surface area (Å²) in [6, 6.07) is 28.3. The molecule has 0 saturated carbocycles. The van der Waals surface area contributed by atoms with Crippen LogP contribution in [-0.4, -0.2) is 17.2 Å². The summed E-state index contributed by atoms with van der Waals surface area (Å²) in [4.78, 5) is 0. The Bertz CT molecular complexity index is 814. The fraction of sp³-hybridized carbons (Fsp3) is 0.136. The van der Waals surface area contributed by atoms with E-state index in [0.29, 0.717) is 5.11 Å². The van der Waals surface area contributed by atoms with Crippen LogP contribution in [0, 0.1) is 0 Å². The lowest BCUT2D eigenvalue weighted by molar-refractivity contribution is 0.218. The molecule has 138 valence electrons. The van der Waals surface area contributed by atoms with Crippen LogP contribution < -0.4 is 15.5 Å². The second-order valence-electron chi connectivity index (χ2n) is 6.13. The summed E-state index contributed by atoms with van der Waals surface area (Å²) in [5.41, 5.74) is 6.62.